The Bertz CT molecular complexity index is 665. The van der Waals surface area contributed by atoms with Crippen LogP contribution in [0.3, 0.4) is 0 Å². The van der Waals surface area contributed by atoms with Crippen LogP contribution in [0, 0.1) is 5.82 Å². The summed E-state index contributed by atoms with van der Waals surface area (Å²) < 4.78 is 21.3. The summed E-state index contributed by atoms with van der Waals surface area (Å²) in [6, 6.07) is 5.76. The van der Waals surface area contributed by atoms with E-state index in [1.165, 1.54) is 6.07 Å². The number of aromatic nitrogens is 2. The Kier molecular flexibility index (Phi) is 4.20. The van der Waals surface area contributed by atoms with Crippen LogP contribution in [0.5, 0.6) is 0 Å². The Balaban J connectivity index is 1.91. The molecule has 0 spiro atoms. The Labute approximate surface area is 128 Å². The number of amides is 1. The van der Waals surface area contributed by atoms with Crippen LogP contribution in [-0.2, 0) is 16.6 Å². The predicted molar refractivity (Wildman–Crippen MR) is 78.6 cm³/mol. The number of rotatable bonds is 4. The van der Waals surface area contributed by atoms with Gasteiger partial charge in [-0.25, -0.2) is 9.37 Å². The quantitative estimate of drug-likeness (QED) is 0.939. The number of hydrogen-bond acceptors (Lipinski definition) is 3. The van der Waals surface area contributed by atoms with Crippen molar-refractivity contribution in [2.24, 2.45) is 7.05 Å². The van der Waals surface area contributed by atoms with E-state index >= 15 is 0 Å². The maximum absolute atomic E-state index is 14.2. The van der Waals surface area contributed by atoms with Crippen LogP contribution in [0.15, 0.2) is 36.7 Å². The van der Waals surface area contributed by atoms with Crippen molar-refractivity contribution in [3.05, 3.63) is 53.9 Å². The fourth-order valence-electron chi connectivity index (χ4n) is 2.67. The average Bonchev–Trinajstić information content (AvgIpc) is 3.17. The monoisotopic (exact) mass is 303 g/mol. The van der Waals surface area contributed by atoms with Crippen LogP contribution >= 0.6 is 0 Å². The van der Waals surface area contributed by atoms with Crippen molar-refractivity contribution in [1.82, 2.24) is 14.9 Å². The van der Waals surface area contributed by atoms with Gasteiger partial charge in [-0.2, -0.15) is 0 Å². The molecule has 1 amide bonds. The highest BCUT2D eigenvalue weighted by atomic mass is 19.1. The van der Waals surface area contributed by atoms with Gasteiger partial charge in [0.05, 0.1) is 0 Å². The highest BCUT2D eigenvalue weighted by Crippen LogP contribution is 2.24. The minimum Gasteiger partial charge on any atom is -0.368 e. The minimum absolute atomic E-state index is 0.228. The molecule has 22 heavy (non-hydrogen) atoms. The fourth-order valence-corrected chi connectivity index (χ4v) is 2.67. The molecule has 0 bridgehead atoms. The van der Waals surface area contributed by atoms with Crippen LogP contribution in [-0.4, -0.2) is 28.2 Å². The Morgan fingerprint density at radius 2 is 2.32 bits per heavy atom. The van der Waals surface area contributed by atoms with Gasteiger partial charge in [0.1, 0.15) is 23.8 Å². The zero-order chi connectivity index (χ0) is 15.5. The molecule has 0 radical (unpaired) electrons. The molecule has 5 nitrogen and oxygen atoms in total. The molecule has 2 heterocycles. The first-order valence-corrected chi connectivity index (χ1v) is 7.30. The van der Waals surface area contributed by atoms with Crippen molar-refractivity contribution in [2.45, 2.75) is 25.0 Å². The first kappa shape index (κ1) is 14.7. The molecule has 2 atom stereocenters. The number of carbonyl (C=O) groups is 1. The molecule has 1 aromatic carbocycles. The summed E-state index contributed by atoms with van der Waals surface area (Å²) in [6.07, 6.45) is 4.49. The smallest absolute Gasteiger partial charge is 0.249 e. The van der Waals surface area contributed by atoms with E-state index in [1.54, 1.807) is 35.2 Å². The van der Waals surface area contributed by atoms with Gasteiger partial charge in [-0.05, 0) is 18.9 Å². The van der Waals surface area contributed by atoms with Crippen molar-refractivity contribution in [3.63, 3.8) is 0 Å². The summed E-state index contributed by atoms with van der Waals surface area (Å²) in [5.74, 6) is -0.0201. The standard InChI is InChI=1S/C16H18FN3O2/c1-20-9-8-18-15(20)14(11-5-2-3-6-12(11)17)19-16(21)13-7-4-10-22-13/h2-3,5-6,8-9,13-14H,4,7,10H2,1H3,(H,19,21)/t13-,14+/m0/s1. The van der Waals surface area contributed by atoms with E-state index in [-0.39, 0.29) is 11.7 Å². The molecule has 6 heteroatoms. The van der Waals surface area contributed by atoms with Crippen LogP contribution < -0.4 is 5.32 Å². The van der Waals surface area contributed by atoms with Gasteiger partial charge in [0, 0.05) is 31.6 Å². The Morgan fingerprint density at radius 1 is 1.50 bits per heavy atom. The number of nitrogens with one attached hydrogen (secondary N) is 1. The summed E-state index contributed by atoms with van der Waals surface area (Å²) in [5, 5.41) is 2.87. The van der Waals surface area contributed by atoms with Gasteiger partial charge in [-0.1, -0.05) is 18.2 Å². The lowest BCUT2D eigenvalue weighted by Gasteiger charge is -2.21. The Hall–Kier alpha value is -2.21. The molecule has 3 rings (SSSR count). The zero-order valence-electron chi connectivity index (χ0n) is 12.3. The summed E-state index contributed by atoms with van der Waals surface area (Å²) in [7, 11) is 1.81. The van der Waals surface area contributed by atoms with Crippen molar-refractivity contribution < 1.29 is 13.9 Å². The third-order valence-electron chi connectivity index (χ3n) is 3.84. The molecule has 0 unspecified atom stereocenters. The SMILES string of the molecule is Cn1ccnc1[C@H](NC(=O)[C@@H]1CCCO1)c1ccccc1F. The first-order chi connectivity index (χ1) is 10.7. The maximum Gasteiger partial charge on any atom is 0.249 e. The summed E-state index contributed by atoms with van der Waals surface area (Å²) in [6.45, 7) is 0.588. The lowest BCUT2D eigenvalue weighted by atomic mass is 10.0. The molecule has 2 aromatic rings. The number of benzene rings is 1. The van der Waals surface area contributed by atoms with Crippen LogP contribution in [0.1, 0.15) is 30.3 Å². The van der Waals surface area contributed by atoms with Crippen LogP contribution in [0.2, 0.25) is 0 Å². The lowest BCUT2D eigenvalue weighted by Crippen LogP contribution is -2.38. The molecule has 1 saturated heterocycles. The summed E-state index contributed by atoms with van der Waals surface area (Å²) in [5.41, 5.74) is 0.392. The average molecular weight is 303 g/mol. The summed E-state index contributed by atoms with van der Waals surface area (Å²) >= 11 is 0. The van der Waals surface area contributed by atoms with Crippen LogP contribution in [0.25, 0.3) is 0 Å². The maximum atomic E-state index is 14.2. The first-order valence-electron chi connectivity index (χ1n) is 7.30. The van der Waals surface area contributed by atoms with E-state index in [1.807, 2.05) is 7.05 Å². The van der Waals surface area contributed by atoms with E-state index in [0.29, 0.717) is 24.4 Å². The number of imidazole rings is 1. The van der Waals surface area contributed by atoms with Crippen LogP contribution in [0.4, 0.5) is 4.39 Å². The normalized spacial score (nSPS) is 19.1. The van der Waals surface area contributed by atoms with Gasteiger partial charge in [0.15, 0.2) is 0 Å². The largest absolute Gasteiger partial charge is 0.368 e. The van der Waals surface area contributed by atoms with Gasteiger partial charge in [-0.3, -0.25) is 4.79 Å². The van der Waals surface area contributed by atoms with Crippen molar-refractivity contribution in [1.29, 1.82) is 0 Å². The van der Waals surface area contributed by atoms with Crippen molar-refractivity contribution in [3.8, 4) is 0 Å². The number of aryl methyl sites for hydroxylation is 1. The zero-order valence-corrected chi connectivity index (χ0v) is 12.3. The molecule has 0 saturated carbocycles. The molecule has 1 aliphatic heterocycles. The highest BCUT2D eigenvalue weighted by molar-refractivity contribution is 5.81. The van der Waals surface area contributed by atoms with E-state index < -0.39 is 12.1 Å². The Morgan fingerprint density at radius 3 is 2.95 bits per heavy atom. The molecular weight excluding hydrogens is 285 g/mol. The topological polar surface area (TPSA) is 56.2 Å². The number of nitrogens with zero attached hydrogens (tertiary/aromatic N) is 2. The second-order valence-electron chi connectivity index (χ2n) is 5.36. The number of carbonyl (C=O) groups excluding carboxylic acids is 1. The lowest BCUT2D eigenvalue weighted by molar-refractivity contribution is -0.130. The minimum atomic E-state index is -0.641. The van der Waals surface area contributed by atoms with Gasteiger partial charge < -0.3 is 14.6 Å². The van der Waals surface area contributed by atoms with Gasteiger partial charge in [0.2, 0.25) is 5.91 Å². The van der Waals surface area contributed by atoms with E-state index in [0.717, 1.165) is 6.42 Å². The third kappa shape index (κ3) is 2.87. The summed E-state index contributed by atoms with van der Waals surface area (Å²) in [4.78, 5) is 16.6. The predicted octanol–water partition coefficient (Wildman–Crippen LogP) is 1.94. The molecule has 1 aromatic heterocycles. The number of hydrogen-bond donors (Lipinski definition) is 1. The van der Waals surface area contributed by atoms with Crippen molar-refractivity contribution in [2.75, 3.05) is 6.61 Å². The van der Waals surface area contributed by atoms with Gasteiger partial charge in [-0.15, -0.1) is 0 Å². The molecule has 0 aliphatic carbocycles. The molecule has 1 aliphatic rings. The van der Waals surface area contributed by atoms with E-state index in [2.05, 4.69) is 10.3 Å². The van der Waals surface area contributed by atoms with Crippen molar-refractivity contribution >= 4 is 5.91 Å². The molecule has 1 N–H and O–H groups in total. The van der Waals surface area contributed by atoms with Gasteiger partial charge in [0.25, 0.3) is 0 Å². The second kappa shape index (κ2) is 6.27. The number of halogens is 1. The fraction of sp³-hybridized carbons (Fsp3) is 0.375. The molecular formula is C16H18FN3O2. The third-order valence-corrected chi connectivity index (χ3v) is 3.84. The highest BCUT2D eigenvalue weighted by Gasteiger charge is 2.29. The van der Waals surface area contributed by atoms with E-state index in [9.17, 15) is 9.18 Å². The molecule has 1 fully saturated rings. The van der Waals surface area contributed by atoms with E-state index in [4.69, 9.17) is 4.74 Å². The number of ether oxygens (including phenoxy) is 1. The second-order valence-corrected chi connectivity index (χ2v) is 5.36. The van der Waals surface area contributed by atoms with Gasteiger partial charge >= 0.3 is 0 Å². The molecule has 116 valence electrons.